The van der Waals surface area contributed by atoms with Crippen LogP contribution in [-0.2, 0) is 6.54 Å². The first-order valence-electron chi connectivity index (χ1n) is 10.4. The maximum atomic E-state index is 5.79. The minimum atomic E-state index is 0.437. The first-order valence-corrected chi connectivity index (χ1v) is 10.4. The molecule has 1 aromatic heterocycles. The van der Waals surface area contributed by atoms with Crippen molar-refractivity contribution in [2.24, 2.45) is 0 Å². The van der Waals surface area contributed by atoms with Gasteiger partial charge in [-0.05, 0) is 61.2 Å². The summed E-state index contributed by atoms with van der Waals surface area (Å²) in [5.74, 6) is 1.75. The van der Waals surface area contributed by atoms with Gasteiger partial charge >= 0.3 is 0 Å². The summed E-state index contributed by atoms with van der Waals surface area (Å²) in [6.07, 6.45) is 4.36. The summed E-state index contributed by atoms with van der Waals surface area (Å²) in [5, 5.41) is 0. The standard InChI is InChI=1S/C25H26N2O2/c1-18-4-7-22(16-26-18)20-8-5-19(6-9-20)17-27-12-2-3-23(27)21-10-11-24-25(15-21)29-14-13-28-24/h4-11,15-16,23H,2-3,12-14,17H2,1H3/t23-/m0/s1. The third kappa shape index (κ3) is 3.85. The second-order valence-electron chi connectivity index (χ2n) is 7.92. The minimum Gasteiger partial charge on any atom is -0.486 e. The fraction of sp³-hybridized carbons (Fsp3) is 0.320. The van der Waals surface area contributed by atoms with Crippen LogP contribution in [-0.4, -0.2) is 29.6 Å². The molecule has 3 heterocycles. The molecule has 0 aliphatic carbocycles. The highest BCUT2D eigenvalue weighted by Crippen LogP contribution is 2.38. The second-order valence-corrected chi connectivity index (χ2v) is 7.92. The Hall–Kier alpha value is -2.85. The summed E-state index contributed by atoms with van der Waals surface area (Å²) in [6, 6.07) is 20.0. The summed E-state index contributed by atoms with van der Waals surface area (Å²) in [5.41, 5.74) is 6.10. The fourth-order valence-corrected chi connectivity index (χ4v) is 4.34. The van der Waals surface area contributed by atoms with Crippen LogP contribution in [0.2, 0.25) is 0 Å². The smallest absolute Gasteiger partial charge is 0.161 e. The van der Waals surface area contributed by atoms with E-state index in [2.05, 4.69) is 64.5 Å². The Labute approximate surface area is 172 Å². The van der Waals surface area contributed by atoms with E-state index in [1.807, 2.05) is 13.1 Å². The Morgan fingerprint density at radius 2 is 1.72 bits per heavy atom. The van der Waals surface area contributed by atoms with Gasteiger partial charge in [-0.3, -0.25) is 9.88 Å². The summed E-state index contributed by atoms with van der Waals surface area (Å²) >= 11 is 0. The number of ether oxygens (including phenoxy) is 2. The molecule has 1 saturated heterocycles. The highest BCUT2D eigenvalue weighted by molar-refractivity contribution is 5.62. The van der Waals surface area contributed by atoms with Crippen LogP contribution in [0.5, 0.6) is 11.5 Å². The monoisotopic (exact) mass is 386 g/mol. The molecule has 29 heavy (non-hydrogen) atoms. The van der Waals surface area contributed by atoms with Crippen molar-refractivity contribution in [3.05, 3.63) is 77.6 Å². The van der Waals surface area contributed by atoms with E-state index in [1.54, 1.807) is 0 Å². The first kappa shape index (κ1) is 18.2. The summed E-state index contributed by atoms with van der Waals surface area (Å²) in [4.78, 5) is 6.99. The lowest BCUT2D eigenvalue weighted by Crippen LogP contribution is -2.23. The lowest BCUT2D eigenvalue weighted by atomic mass is 10.0. The van der Waals surface area contributed by atoms with Crippen LogP contribution < -0.4 is 9.47 Å². The third-order valence-corrected chi connectivity index (χ3v) is 5.90. The number of aromatic nitrogens is 1. The van der Waals surface area contributed by atoms with Gasteiger partial charge in [-0.15, -0.1) is 0 Å². The highest BCUT2D eigenvalue weighted by Gasteiger charge is 2.27. The molecule has 2 aliphatic heterocycles. The van der Waals surface area contributed by atoms with Crippen molar-refractivity contribution in [1.29, 1.82) is 0 Å². The van der Waals surface area contributed by atoms with Gasteiger partial charge < -0.3 is 9.47 Å². The number of benzene rings is 2. The Balaban J connectivity index is 1.31. The van der Waals surface area contributed by atoms with Gasteiger partial charge in [0.05, 0.1) is 0 Å². The number of hydrogen-bond acceptors (Lipinski definition) is 4. The third-order valence-electron chi connectivity index (χ3n) is 5.90. The molecule has 2 aliphatic rings. The summed E-state index contributed by atoms with van der Waals surface area (Å²) < 4.78 is 11.5. The average Bonchev–Trinajstić information content (AvgIpc) is 3.23. The zero-order valence-electron chi connectivity index (χ0n) is 16.8. The maximum Gasteiger partial charge on any atom is 0.161 e. The highest BCUT2D eigenvalue weighted by atomic mass is 16.6. The van der Waals surface area contributed by atoms with E-state index in [0.717, 1.165) is 35.8 Å². The molecule has 148 valence electrons. The molecule has 0 spiro atoms. The Kier molecular flexibility index (Phi) is 4.94. The molecule has 3 aromatic rings. The van der Waals surface area contributed by atoms with E-state index in [0.29, 0.717) is 19.3 Å². The molecule has 5 rings (SSSR count). The molecule has 0 bridgehead atoms. The number of nitrogens with zero attached hydrogens (tertiary/aromatic N) is 2. The topological polar surface area (TPSA) is 34.6 Å². The van der Waals surface area contributed by atoms with Gasteiger partial charge in [-0.1, -0.05) is 36.4 Å². The van der Waals surface area contributed by atoms with Crippen molar-refractivity contribution in [3.63, 3.8) is 0 Å². The van der Waals surface area contributed by atoms with Gasteiger partial charge in [-0.2, -0.15) is 0 Å². The number of hydrogen-bond donors (Lipinski definition) is 0. The van der Waals surface area contributed by atoms with Gasteiger partial charge in [-0.25, -0.2) is 0 Å². The fourth-order valence-electron chi connectivity index (χ4n) is 4.34. The van der Waals surface area contributed by atoms with Crippen molar-refractivity contribution in [3.8, 4) is 22.6 Å². The van der Waals surface area contributed by atoms with Gasteiger partial charge in [0.15, 0.2) is 11.5 Å². The van der Waals surface area contributed by atoms with E-state index < -0.39 is 0 Å². The lowest BCUT2D eigenvalue weighted by molar-refractivity contribution is 0.170. The molecule has 2 aromatic carbocycles. The van der Waals surface area contributed by atoms with Crippen LogP contribution in [0.15, 0.2) is 60.8 Å². The van der Waals surface area contributed by atoms with Crippen LogP contribution in [0, 0.1) is 6.92 Å². The Morgan fingerprint density at radius 3 is 2.52 bits per heavy atom. The number of fused-ring (bicyclic) bond motifs is 1. The van der Waals surface area contributed by atoms with Gasteiger partial charge in [0.25, 0.3) is 0 Å². The molecule has 0 saturated carbocycles. The van der Waals surface area contributed by atoms with E-state index in [-0.39, 0.29) is 0 Å². The normalized spacial score (nSPS) is 18.7. The average molecular weight is 386 g/mol. The minimum absolute atomic E-state index is 0.437. The predicted molar refractivity (Wildman–Crippen MR) is 114 cm³/mol. The Morgan fingerprint density at radius 1 is 0.931 bits per heavy atom. The molecule has 4 heteroatoms. The molecule has 1 atom stereocenters. The van der Waals surface area contributed by atoms with E-state index >= 15 is 0 Å². The molecule has 0 radical (unpaired) electrons. The molecule has 0 N–H and O–H groups in total. The Bertz CT molecular complexity index is 983. The number of aryl methyl sites for hydroxylation is 1. The molecule has 1 fully saturated rings. The zero-order valence-corrected chi connectivity index (χ0v) is 16.8. The lowest BCUT2D eigenvalue weighted by Gasteiger charge is -2.26. The first-order chi connectivity index (χ1) is 14.3. The largest absolute Gasteiger partial charge is 0.486 e. The molecule has 4 nitrogen and oxygen atoms in total. The van der Waals surface area contributed by atoms with Crippen molar-refractivity contribution in [2.45, 2.75) is 32.4 Å². The van der Waals surface area contributed by atoms with Gasteiger partial charge in [0, 0.05) is 30.0 Å². The number of rotatable bonds is 4. The van der Waals surface area contributed by atoms with Crippen LogP contribution >= 0.6 is 0 Å². The van der Waals surface area contributed by atoms with Gasteiger partial charge in [0.2, 0.25) is 0 Å². The summed E-state index contributed by atoms with van der Waals surface area (Å²) in [6.45, 7) is 5.37. The van der Waals surface area contributed by atoms with E-state index in [9.17, 15) is 0 Å². The van der Waals surface area contributed by atoms with Crippen LogP contribution in [0.4, 0.5) is 0 Å². The van der Waals surface area contributed by atoms with Crippen LogP contribution in [0.3, 0.4) is 0 Å². The van der Waals surface area contributed by atoms with E-state index in [1.165, 1.54) is 29.5 Å². The summed E-state index contributed by atoms with van der Waals surface area (Å²) in [7, 11) is 0. The maximum absolute atomic E-state index is 5.79. The number of likely N-dealkylation sites (tertiary alicyclic amines) is 1. The van der Waals surface area contributed by atoms with Crippen molar-refractivity contribution >= 4 is 0 Å². The van der Waals surface area contributed by atoms with Crippen molar-refractivity contribution < 1.29 is 9.47 Å². The second kappa shape index (κ2) is 7.88. The molecular formula is C25H26N2O2. The van der Waals surface area contributed by atoms with Crippen LogP contribution in [0.25, 0.3) is 11.1 Å². The molecular weight excluding hydrogens is 360 g/mol. The predicted octanol–water partition coefficient (Wildman–Crippen LogP) is 5.17. The zero-order chi connectivity index (χ0) is 19.6. The van der Waals surface area contributed by atoms with Crippen molar-refractivity contribution in [2.75, 3.05) is 19.8 Å². The number of pyridine rings is 1. The van der Waals surface area contributed by atoms with Crippen LogP contribution in [0.1, 0.15) is 35.7 Å². The van der Waals surface area contributed by atoms with Gasteiger partial charge in [0.1, 0.15) is 13.2 Å². The molecule has 0 unspecified atom stereocenters. The van der Waals surface area contributed by atoms with E-state index in [4.69, 9.17) is 9.47 Å². The SMILES string of the molecule is Cc1ccc(-c2ccc(CN3CCC[C@H]3c3ccc4c(c3)OCCO4)cc2)cn1. The quantitative estimate of drug-likeness (QED) is 0.620. The molecule has 0 amide bonds. The van der Waals surface area contributed by atoms with Crippen molar-refractivity contribution in [1.82, 2.24) is 9.88 Å².